The number of amides is 1. The van der Waals surface area contributed by atoms with Crippen LogP contribution in [0.25, 0.3) is 0 Å². The van der Waals surface area contributed by atoms with Crippen molar-refractivity contribution in [3.63, 3.8) is 0 Å². The molecule has 0 spiro atoms. The van der Waals surface area contributed by atoms with Gasteiger partial charge in [-0.25, -0.2) is 0 Å². The number of aryl methyl sites for hydroxylation is 1. The summed E-state index contributed by atoms with van der Waals surface area (Å²) in [5, 5.41) is 3.44. The molecule has 1 aromatic carbocycles. The first-order valence-electron chi connectivity index (χ1n) is 7.45. The molecule has 1 aliphatic carbocycles. The Morgan fingerprint density at radius 1 is 1.43 bits per heavy atom. The lowest BCUT2D eigenvalue weighted by Gasteiger charge is -2.09. The molecule has 120 valence electrons. The van der Waals surface area contributed by atoms with Gasteiger partial charge in [-0.1, -0.05) is 23.7 Å². The van der Waals surface area contributed by atoms with Gasteiger partial charge in [-0.2, -0.15) is 0 Å². The van der Waals surface area contributed by atoms with E-state index in [9.17, 15) is 9.59 Å². The van der Waals surface area contributed by atoms with Crippen molar-refractivity contribution in [1.82, 2.24) is 4.57 Å². The first kappa shape index (κ1) is 16.3. The van der Waals surface area contributed by atoms with Gasteiger partial charge in [0.2, 0.25) is 11.3 Å². The van der Waals surface area contributed by atoms with Gasteiger partial charge in [0, 0.05) is 29.9 Å². The third-order valence-electron chi connectivity index (χ3n) is 4.06. The molecule has 1 fully saturated rings. The largest absolute Gasteiger partial charge is 0.351 e. The van der Waals surface area contributed by atoms with E-state index in [-0.39, 0.29) is 23.2 Å². The van der Waals surface area contributed by atoms with Crippen LogP contribution in [0.3, 0.4) is 0 Å². The van der Waals surface area contributed by atoms with E-state index in [1.807, 2.05) is 35.8 Å². The molecule has 0 bridgehead atoms. The molecule has 23 heavy (non-hydrogen) atoms. The fraction of sp³-hybridized carbons (Fsp3) is 0.294. The molecule has 1 saturated carbocycles. The Hall–Kier alpha value is -1.59. The summed E-state index contributed by atoms with van der Waals surface area (Å²) in [6.45, 7) is 2.69. The predicted molar refractivity (Wildman–Crippen MR) is 95.0 cm³/mol. The van der Waals surface area contributed by atoms with Gasteiger partial charge >= 0.3 is 0 Å². The van der Waals surface area contributed by atoms with Crippen LogP contribution >= 0.6 is 27.5 Å². The summed E-state index contributed by atoms with van der Waals surface area (Å²) in [6, 6.07) is 7.58. The molecule has 0 aliphatic heterocycles. The molecule has 2 unspecified atom stereocenters. The molecule has 4 nitrogen and oxygen atoms in total. The Morgan fingerprint density at radius 3 is 2.91 bits per heavy atom. The number of aromatic nitrogens is 1. The van der Waals surface area contributed by atoms with Crippen molar-refractivity contribution in [3.8, 4) is 0 Å². The van der Waals surface area contributed by atoms with Gasteiger partial charge in [-0.05, 0) is 52.9 Å². The Labute approximate surface area is 147 Å². The summed E-state index contributed by atoms with van der Waals surface area (Å²) in [6.07, 6.45) is 4.16. The molecule has 1 heterocycles. The van der Waals surface area contributed by atoms with E-state index in [4.69, 9.17) is 11.6 Å². The van der Waals surface area contributed by atoms with Crippen molar-refractivity contribution in [1.29, 1.82) is 0 Å². The van der Waals surface area contributed by atoms with Gasteiger partial charge in [0.25, 0.3) is 0 Å². The Balaban J connectivity index is 1.74. The highest BCUT2D eigenvalue weighted by molar-refractivity contribution is 9.10. The summed E-state index contributed by atoms with van der Waals surface area (Å²) in [4.78, 5) is 24.5. The number of rotatable bonds is 4. The number of hydrogen-bond donors (Lipinski definition) is 1. The van der Waals surface area contributed by atoms with E-state index >= 15 is 0 Å². The predicted octanol–water partition coefficient (Wildman–Crippen LogP) is 4.03. The fourth-order valence-electron chi connectivity index (χ4n) is 2.68. The normalized spacial score (nSPS) is 19.4. The SMILES string of the molecule is CCn1cc(Br)c(=O)c(NC(=O)C2CC2c2cccc(Cl)c2)c1. The van der Waals surface area contributed by atoms with Crippen LogP contribution in [0.2, 0.25) is 5.02 Å². The van der Waals surface area contributed by atoms with Gasteiger partial charge in [0.1, 0.15) is 5.69 Å². The lowest BCUT2D eigenvalue weighted by Crippen LogP contribution is -2.22. The third-order valence-corrected chi connectivity index (χ3v) is 4.86. The standard InChI is InChI=1S/C17H16BrClN2O2/c1-2-21-8-14(18)16(22)15(9-21)20-17(23)13-7-12(13)10-4-3-5-11(19)6-10/h3-6,8-9,12-13H,2,7H2,1H3,(H,20,23). The Bertz CT molecular complexity index is 818. The molecule has 6 heteroatoms. The van der Waals surface area contributed by atoms with Gasteiger partial charge in [0.15, 0.2) is 0 Å². The molecule has 1 N–H and O–H groups in total. The second kappa shape index (κ2) is 6.49. The van der Waals surface area contributed by atoms with Crippen LogP contribution in [0.4, 0.5) is 5.69 Å². The van der Waals surface area contributed by atoms with Gasteiger partial charge in [-0.3, -0.25) is 9.59 Å². The number of benzene rings is 1. The molecule has 1 aliphatic rings. The van der Waals surface area contributed by atoms with Crippen molar-refractivity contribution in [3.05, 3.63) is 61.9 Å². The van der Waals surface area contributed by atoms with Crippen LogP contribution in [-0.4, -0.2) is 10.5 Å². The van der Waals surface area contributed by atoms with E-state index in [1.54, 1.807) is 12.4 Å². The van der Waals surface area contributed by atoms with Gasteiger partial charge < -0.3 is 9.88 Å². The molecule has 2 aromatic rings. The molecule has 0 saturated heterocycles. The van der Waals surface area contributed by atoms with E-state index in [2.05, 4.69) is 21.2 Å². The highest BCUT2D eigenvalue weighted by atomic mass is 79.9. The topological polar surface area (TPSA) is 51.1 Å². The van der Waals surface area contributed by atoms with Gasteiger partial charge in [0.05, 0.1) is 4.47 Å². The van der Waals surface area contributed by atoms with Crippen LogP contribution in [-0.2, 0) is 11.3 Å². The number of pyridine rings is 1. The average molecular weight is 396 g/mol. The lowest BCUT2D eigenvalue weighted by atomic mass is 10.1. The maximum Gasteiger partial charge on any atom is 0.228 e. The average Bonchev–Trinajstić information content (AvgIpc) is 3.32. The van der Waals surface area contributed by atoms with Crippen LogP contribution in [0.5, 0.6) is 0 Å². The fourth-order valence-corrected chi connectivity index (χ4v) is 3.36. The van der Waals surface area contributed by atoms with Crippen molar-refractivity contribution in [2.45, 2.75) is 25.8 Å². The minimum atomic E-state index is -0.206. The van der Waals surface area contributed by atoms with Crippen LogP contribution in [0.15, 0.2) is 45.9 Å². The number of nitrogens with one attached hydrogen (secondary N) is 1. The minimum absolute atomic E-state index is 0.109. The second-order valence-corrected chi connectivity index (χ2v) is 6.96. The zero-order valence-electron chi connectivity index (χ0n) is 12.6. The highest BCUT2D eigenvalue weighted by Gasteiger charge is 2.44. The monoisotopic (exact) mass is 394 g/mol. The van der Waals surface area contributed by atoms with Crippen LogP contribution < -0.4 is 10.7 Å². The number of hydrogen-bond acceptors (Lipinski definition) is 2. The smallest absolute Gasteiger partial charge is 0.228 e. The first-order valence-corrected chi connectivity index (χ1v) is 8.62. The maximum atomic E-state index is 12.4. The van der Waals surface area contributed by atoms with E-state index < -0.39 is 0 Å². The molecule has 0 radical (unpaired) electrons. The summed E-state index contributed by atoms with van der Waals surface area (Å²) >= 11 is 9.23. The molecular formula is C17H16BrClN2O2. The van der Waals surface area contributed by atoms with Crippen LogP contribution in [0, 0.1) is 5.92 Å². The molecule has 1 amide bonds. The van der Waals surface area contributed by atoms with E-state index in [1.165, 1.54) is 0 Å². The van der Waals surface area contributed by atoms with E-state index in [0.717, 1.165) is 18.5 Å². The van der Waals surface area contributed by atoms with Crippen molar-refractivity contribution >= 4 is 39.1 Å². The third kappa shape index (κ3) is 3.51. The second-order valence-electron chi connectivity index (χ2n) is 5.67. The summed E-state index contributed by atoms with van der Waals surface area (Å²) in [5.41, 5.74) is 1.17. The zero-order chi connectivity index (χ0) is 16.6. The molecule has 2 atom stereocenters. The van der Waals surface area contributed by atoms with Crippen molar-refractivity contribution in [2.75, 3.05) is 5.32 Å². The Morgan fingerprint density at radius 2 is 2.22 bits per heavy atom. The van der Waals surface area contributed by atoms with Crippen LogP contribution in [0.1, 0.15) is 24.8 Å². The lowest BCUT2D eigenvalue weighted by molar-refractivity contribution is -0.117. The maximum absolute atomic E-state index is 12.4. The van der Waals surface area contributed by atoms with E-state index in [0.29, 0.717) is 15.2 Å². The quantitative estimate of drug-likeness (QED) is 0.850. The summed E-state index contributed by atoms with van der Waals surface area (Å²) < 4.78 is 2.29. The highest BCUT2D eigenvalue weighted by Crippen LogP contribution is 2.48. The number of carbonyl (C=O) groups is 1. The number of carbonyl (C=O) groups excluding carboxylic acids is 1. The number of halogens is 2. The number of nitrogens with zero attached hydrogens (tertiary/aromatic N) is 1. The number of anilines is 1. The first-order chi connectivity index (χ1) is 11.0. The van der Waals surface area contributed by atoms with Crippen molar-refractivity contribution in [2.24, 2.45) is 5.92 Å². The molecular weight excluding hydrogens is 380 g/mol. The van der Waals surface area contributed by atoms with Crippen molar-refractivity contribution < 1.29 is 4.79 Å². The summed E-state index contributed by atoms with van der Waals surface area (Å²) in [7, 11) is 0. The molecule has 3 rings (SSSR count). The zero-order valence-corrected chi connectivity index (χ0v) is 14.9. The van der Waals surface area contributed by atoms with Gasteiger partial charge in [-0.15, -0.1) is 0 Å². The molecule has 1 aromatic heterocycles. The summed E-state index contributed by atoms with van der Waals surface area (Å²) in [5.74, 6) is -0.0518. The Kier molecular flexibility index (Phi) is 4.60. The minimum Gasteiger partial charge on any atom is -0.351 e.